The first-order valence-corrected chi connectivity index (χ1v) is 7.32. The molecule has 4 nitrogen and oxygen atoms in total. The van der Waals surface area contributed by atoms with E-state index in [0.717, 1.165) is 10.4 Å². The largest absolute Gasteiger partial charge is 0.386 e. The van der Waals surface area contributed by atoms with Gasteiger partial charge in [0, 0.05) is 11.4 Å². The topological polar surface area (TPSA) is 61.4 Å². The number of carbonyl (C=O) groups is 1. The van der Waals surface area contributed by atoms with Gasteiger partial charge in [-0.3, -0.25) is 0 Å². The van der Waals surface area contributed by atoms with Crippen molar-refractivity contribution >= 4 is 28.7 Å². The van der Waals surface area contributed by atoms with Crippen molar-refractivity contribution in [2.24, 2.45) is 0 Å². The summed E-state index contributed by atoms with van der Waals surface area (Å²) in [5.41, 5.74) is 1.08. The molecule has 6 heteroatoms. The molecule has 0 spiro atoms. The Morgan fingerprint density at radius 2 is 2.22 bits per heavy atom. The van der Waals surface area contributed by atoms with Crippen molar-refractivity contribution in [3.63, 3.8) is 0 Å². The van der Waals surface area contributed by atoms with E-state index in [4.69, 9.17) is 0 Å². The Kier molecular flexibility index (Phi) is 4.74. The molecule has 0 unspecified atom stereocenters. The van der Waals surface area contributed by atoms with Crippen LogP contribution >= 0.6 is 22.7 Å². The monoisotopic (exact) mass is 282 g/mol. The van der Waals surface area contributed by atoms with Crippen LogP contribution in [0, 0.1) is 0 Å². The third-order valence-corrected chi connectivity index (χ3v) is 4.07. The second kappa shape index (κ2) is 6.53. The molecule has 1 atom stereocenters. The molecule has 2 rings (SSSR count). The predicted octanol–water partition coefficient (Wildman–Crippen LogP) is 2.34. The fourth-order valence-corrected chi connectivity index (χ4v) is 2.79. The Morgan fingerprint density at radius 1 is 1.33 bits per heavy atom. The molecule has 0 aliphatic rings. The molecule has 0 fully saturated rings. The zero-order valence-corrected chi connectivity index (χ0v) is 11.3. The van der Waals surface area contributed by atoms with Crippen LogP contribution < -0.4 is 10.6 Å². The maximum Gasteiger partial charge on any atom is 0.315 e. The smallest absolute Gasteiger partial charge is 0.315 e. The van der Waals surface area contributed by atoms with Gasteiger partial charge in [0.15, 0.2) is 0 Å². The molecule has 18 heavy (non-hydrogen) atoms. The van der Waals surface area contributed by atoms with Crippen LogP contribution in [0.5, 0.6) is 0 Å². The Morgan fingerprint density at radius 3 is 2.89 bits per heavy atom. The van der Waals surface area contributed by atoms with Gasteiger partial charge in [-0.1, -0.05) is 6.07 Å². The molecular formula is C12H14N2O2S2. The summed E-state index contributed by atoms with van der Waals surface area (Å²) in [6.45, 7) is 0.723. The number of thiophene rings is 2. The predicted molar refractivity (Wildman–Crippen MR) is 73.8 cm³/mol. The number of nitrogens with one attached hydrogen (secondary N) is 2. The van der Waals surface area contributed by atoms with Crippen molar-refractivity contribution in [3.8, 4) is 0 Å². The number of hydrogen-bond donors (Lipinski definition) is 3. The summed E-state index contributed by atoms with van der Waals surface area (Å²) in [6.07, 6.45) is -0.642. The Hall–Kier alpha value is -1.37. The second-order valence-electron chi connectivity index (χ2n) is 3.73. The number of rotatable bonds is 5. The van der Waals surface area contributed by atoms with Crippen molar-refractivity contribution in [2.75, 3.05) is 6.54 Å². The Bertz CT molecular complexity index is 468. The first kappa shape index (κ1) is 13.1. The van der Waals surface area contributed by atoms with Crippen LogP contribution in [0.25, 0.3) is 0 Å². The lowest BCUT2D eigenvalue weighted by Gasteiger charge is -2.10. The molecule has 2 aromatic heterocycles. The van der Waals surface area contributed by atoms with Crippen LogP contribution in [0.3, 0.4) is 0 Å². The first-order valence-electron chi connectivity index (χ1n) is 5.50. The van der Waals surface area contributed by atoms with E-state index in [9.17, 15) is 9.90 Å². The van der Waals surface area contributed by atoms with Gasteiger partial charge in [-0.25, -0.2) is 4.79 Å². The molecule has 2 amide bonds. The van der Waals surface area contributed by atoms with Crippen molar-refractivity contribution in [3.05, 3.63) is 44.8 Å². The minimum absolute atomic E-state index is 0.218. The SMILES string of the molecule is O=C(NCc1ccsc1)NC[C@H](O)c1cccs1. The van der Waals surface area contributed by atoms with Crippen LogP contribution in [-0.2, 0) is 6.54 Å². The molecule has 0 aromatic carbocycles. The molecular weight excluding hydrogens is 268 g/mol. The zero-order chi connectivity index (χ0) is 12.8. The van der Waals surface area contributed by atoms with Crippen LogP contribution in [-0.4, -0.2) is 17.7 Å². The summed E-state index contributed by atoms with van der Waals surface area (Å²) in [6, 6.07) is 5.42. The van der Waals surface area contributed by atoms with Gasteiger partial charge in [-0.2, -0.15) is 11.3 Å². The van der Waals surface area contributed by atoms with E-state index in [0.29, 0.717) is 6.54 Å². The van der Waals surface area contributed by atoms with Crippen LogP contribution in [0.15, 0.2) is 34.3 Å². The van der Waals surface area contributed by atoms with E-state index in [1.54, 1.807) is 11.3 Å². The molecule has 0 saturated carbocycles. The highest BCUT2D eigenvalue weighted by Gasteiger charge is 2.09. The highest BCUT2D eigenvalue weighted by Crippen LogP contribution is 2.17. The zero-order valence-electron chi connectivity index (χ0n) is 9.63. The van der Waals surface area contributed by atoms with Gasteiger partial charge in [0.25, 0.3) is 0 Å². The fraction of sp³-hybridized carbons (Fsp3) is 0.250. The van der Waals surface area contributed by atoms with E-state index in [1.165, 1.54) is 11.3 Å². The molecule has 0 radical (unpaired) electrons. The van der Waals surface area contributed by atoms with E-state index in [-0.39, 0.29) is 12.6 Å². The molecule has 0 saturated heterocycles. The molecule has 3 N–H and O–H groups in total. The van der Waals surface area contributed by atoms with Gasteiger partial charge >= 0.3 is 6.03 Å². The van der Waals surface area contributed by atoms with Gasteiger partial charge in [-0.05, 0) is 33.8 Å². The molecule has 0 aliphatic heterocycles. The van der Waals surface area contributed by atoms with Gasteiger partial charge in [0.2, 0.25) is 0 Å². The summed E-state index contributed by atoms with van der Waals surface area (Å²) in [7, 11) is 0. The van der Waals surface area contributed by atoms with Gasteiger partial charge in [0.1, 0.15) is 6.10 Å². The standard InChI is InChI=1S/C12H14N2O2S2/c15-10(11-2-1-4-18-11)7-14-12(16)13-6-9-3-5-17-8-9/h1-5,8,10,15H,6-7H2,(H2,13,14,16)/t10-/m0/s1. The van der Waals surface area contributed by atoms with Crippen molar-refractivity contribution in [1.29, 1.82) is 0 Å². The van der Waals surface area contributed by atoms with Crippen molar-refractivity contribution in [2.45, 2.75) is 12.6 Å². The van der Waals surface area contributed by atoms with Crippen LogP contribution in [0.1, 0.15) is 16.5 Å². The second-order valence-corrected chi connectivity index (χ2v) is 5.49. The highest BCUT2D eigenvalue weighted by molar-refractivity contribution is 7.10. The number of carbonyl (C=O) groups excluding carboxylic acids is 1. The van der Waals surface area contributed by atoms with Gasteiger partial charge < -0.3 is 15.7 Å². The highest BCUT2D eigenvalue weighted by atomic mass is 32.1. The summed E-state index contributed by atoms with van der Waals surface area (Å²) in [4.78, 5) is 12.3. The number of amides is 2. The minimum atomic E-state index is -0.642. The lowest BCUT2D eigenvalue weighted by molar-refractivity contribution is 0.176. The van der Waals surface area contributed by atoms with Gasteiger partial charge in [-0.15, -0.1) is 11.3 Å². The fourth-order valence-electron chi connectivity index (χ4n) is 1.41. The number of aliphatic hydroxyl groups is 1. The number of urea groups is 1. The molecule has 0 aliphatic carbocycles. The summed E-state index contributed by atoms with van der Waals surface area (Å²) >= 11 is 3.07. The minimum Gasteiger partial charge on any atom is -0.386 e. The molecule has 0 bridgehead atoms. The Balaban J connectivity index is 1.68. The molecule has 2 heterocycles. The quantitative estimate of drug-likeness (QED) is 0.788. The summed E-state index contributed by atoms with van der Waals surface area (Å²) in [5.74, 6) is 0. The van der Waals surface area contributed by atoms with E-state index < -0.39 is 6.10 Å². The number of aliphatic hydroxyl groups excluding tert-OH is 1. The maximum absolute atomic E-state index is 11.5. The molecule has 96 valence electrons. The Labute approximate surface area is 113 Å². The third kappa shape index (κ3) is 3.83. The average molecular weight is 282 g/mol. The normalized spacial score (nSPS) is 12.1. The maximum atomic E-state index is 11.5. The lowest BCUT2D eigenvalue weighted by atomic mass is 10.3. The van der Waals surface area contributed by atoms with E-state index in [2.05, 4.69) is 10.6 Å². The number of hydrogen-bond acceptors (Lipinski definition) is 4. The van der Waals surface area contributed by atoms with E-state index in [1.807, 2.05) is 34.3 Å². The first-order chi connectivity index (χ1) is 8.75. The van der Waals surface area contributed by atoms with Crippen LogP contribution in [0.4, 0.5) is 4.79 Å². The average Bonchev–Trinajstić information content (AvgIpc) is 3.05. The summed E-state index contributed by atoms with van der Waals surface area (Å²) < 4.78 is 0. The van der Waals surface area contributed by atoms with Crippen molar-refractivity contribution < 1.29 is 9.90 Å². The lowest BCUT2D eigenvalue weighted by Crippen LogP contribution is -2.37. The third-order valence-electron chi connectivity index (χ3n) is 2.36. The van der Waals surface area contributed by atoms with Crippen molar-refractivity contribution in [1.82, 2.24) is 10.6 Å². The molecule has 2 aromatic rings. The van der Waals surface area contributed by atoms with E-state index >= 15 is 0 Å². The van der Waals surface area contributed by atoms with Crippen LogP contribution in [0.2, 0.25) is 0 Å². The van der Waals surface area contributed by atoms with Gasteiger partial charge in [0.05, 0.1) is 6.54 Å². The summed E-state index contributed by atoms with van der Waals surface area (Å²) in [5, 5.41) is 21.0.